The number of rotatable bonds is 5. The lowest BCUT2D eigenvalue weighted by Gasteiger charge is -2.03. The fourth-order valence-corrected chi connectivity index (χ4v) is 2.59. The van der Waals surface area contributed by atoms with Crippen LogP contribution in [0.2, 0.25) is 0 Å². The van der Waals surface area contributed by atoms with Crippen molar-refractivity contribution < 1.29 is 4.21 Å². The van der Waals surface area contributed by atoms with Crippen molar-refractivity contribution in [1.82, 2.24) is 5.32 Å². The summed E-state index contributed by atoms with van der Waals surface area (Å²) in [6.45, 7) is 0.855. The molecular weight excluding hydrogens is 274 g/mol. The van der Waals surface area contributed by atoms with Gasteiger partial charge in [0.15, 0.2) is 0 Å². The molecule has 4 heteroatoms. The maximum atomic E-state index is 11.8. The molecule has 1 aromatic rings. The fraction of sp³-hybridized carbons (Fsp3) is 0.455. The van der Waals surface area contributed by atoms with Crippen LogP contribution in [0.3, 0.4) is 0 Å². The van der Waals surface area contributed by atoms with Gasteiger partial charge in [-0.1, -0.05) is 15.9 Å². The Morgan fingerprint density at radius 2 is 2.00 bits per heavy atom. The van der Waals surface area contributed by atoms with Crippen LogP contribution in [0.1, 0.15) is 12.8 Å². The lowest BCUT2D eigenvalue weighted by molar-refractivity contribution is 0.672. The van der Waals surface area contributed by atoms with Crippen LogP contribution in [0.4, 0.5) is 0 Å². The summed E-state index contributed by atoms with van der Waals surface area (Å²) in [5.41, 5.74) is 0. The molecule has 1 N–H and O–H groups in total. The highest BCUT2D eigenvalue weighted by molar-refractivity contribution is 9.10. The van der Waals surface area contributed by atoms with Crippen molar-refractivity contribution in [3.63, 3.8) is 0 Å². The zero-order chi connectivity index (χ0) is 10.7. The predicted molar refractivity (Wildman–Crippen MR) is 66.4 cm³/mol. The average molecular weight is 288 g/mol. The minimum atomic E-state index is -0.864. The Labute approximate surface area is 101 Å². The summed E-state index contributed by atoms with van der Waals surface area (Å²) in [5, 5.41) is 3.37. The second kappa shape index (κ2) is 5.23. The Balaban J connectivity index is 1.81. The molecule has 82 valence electrons. The molecule has 1 aromatic carbocycles. The molecule has 1 atom stereocenters. The molecule has 0 saturated heterocycles. The third-order valence-corrected chi connectivity index (χ3v) is 4.28. The van der Waals surface area contributed by atoms with Gasteiger partial charge in [0, 0.05) is 27.7 Å². The summed E-state index contributed by atoms with van der Waals surface area (Å²) in [6, 6.07) is 8.39. The summed E-state index contributed by atoms with van der Waals surface area (Å²) in [6.07, 6.45) is 2.57. The number of nitrogens with one attached hydrogen (secondary N) is 1. The van der Waals surface area contributed by atoms with E-state index in [1.54, 1.807) is 0 Å². The molecule has 1 aliphatic carbocycles. The van der Waals surface area contributed by atoms with Crippen LogP contribution in [0.25, 0.3) is 0 Å². The molecule has 1 aliphatic rings. The number of hydrogen-bond donors (Lipinski definition) is 1. The molecule has 0 radical (unpaired) electrons. The van der Waals surface area contributed by atoms with Gasteiger partial charge in [-0.25, -0.2) is 0 Å². The maximum Gasteiger partial charge on any atom is 0.0542 e. The SMILES string of the molecule is O=S(CCNC1CC1)c1ccc(Br)cc1. The van der Waals surface area contributed by atoms with Crippen molar-refractivity contribution in [3.05, 3.63) is 28.7 Å². The topological polar surface area (TPSA) is 29.1 Å². The highest BCUT2D eigenvalue weighted by Gasteiger charge is 2.19. The molecule has 0 bridgehead atoms. The van der Waals surface area contributed by atoms with Gasteiger partial charge in [0.05, 0.1) is 10.8 Å². The van der Waals surface area contributed by atoms with E-state index in [-0.39, 0.29) is 0 Å². The minimum absolute atomic E-state index is 0.701. The molecule has 0 aliphatic heterocycles. The van der Waals surface area contributed by atoms with Crippen LogP contribution in [-0.2, 0) is 10.8 Å². The van der Waals surface area contributed by atoms with Crippen molar-refractivity contribution in [3.8, 4) is 0 Å². The molecular formula is C11H14BrNOS. The lowest BCUT2D eigenvalue weighted by atomic mass is 10.4. The van der Waals surface area contributed by atoms with Crippen LogP contribution in [0, 0.1) is 0 Å². The molecule has 0 spiro atoms. The Morgan fingerprint density at radius 3 is 2.60 bits per heavy atom. The zero-order valence-corrected chi connectivity index (χ0v) is 10.8. The molecule has 0 aromatic heterocycles. The van der Waals surface area contributed by atoms with Gasteiger partial charge < -0.3 is 5.32 Å². The molecule has 1 fully saturated rings. The highest BCUT2D eigenvalue weighted by Crippen LogP contribution is 2.18. The standard InChI is InChI=1S/C11H14BrNOS/c12-9-1-5-11(6-2-9)15(14)8-7-13-10-3-4-10/h1-2,5-6,10,13H,3-4,7-8H2. The van der Waals surface area contributed by atoms with E-state index >= 15 is 0 Å². The van der Waals surface area contributed by atoms with Crippen molar-refractivity contribution in [2.45, 2.75) is 23.8 Å². The third-order valence-electron chi connectivity index (χ3n) is 2.37. The first kappa shape index (κ1) is 11.3. The van der Waals surface area contributed by atoms with Crippen molar-refractivity contribution in [2.24, 2.45) is 0 Å². The van der Waals surface area contributed by atoms with Gasteiger partial charge in [0.1, 0.15) is 0 Å². The van der Waals surface area contributed by atoms with Crippen molar-refractivity contribution >= 4 is 26.7 Å². The molecule has 1 saturated carbocycles. The quantitative estimate of drug-likeness (QED) is 0.901. The smallest absolute Gasteiger partial charge is 0.0542 e. The Hall–Kier alpha value is -0.190. The van der Waals surface area contributed by atoms with E-state index in [4.69, 9.17) is 0 Å². The first-order valence-electron chi connectivity index (χ1n) is 5.13. The second-order valence-electron chi connectivity index (χ2n) is 3.73. The van der Waals surface area contributed by atoms with Gasteiger partial charge in [0.2, 0.25) is 0 Å². The molecule has 2 nitrogen and oxygen atoms in total. The largest absolute Gasteiger partial charge is 0.313 e. The van der Waals surface area contributed by atoms with Crippen LogP contribution in [-0.4, -0.2) is 22.5 Å². The normalized spacial score (nSPS) is 17.7. The van der Waals surface area contributed by atoms with Crippen LogP contribution < -0.4 is 5.32 Å². The zero-order valence-electron chi connectivity index (χ0n) is 8.41. The van der Waals surface area contributed by atoms with Gasteiger partial charge >= 0.3 is 0 Å². The van der Waals surface area contributed by atoms with Crippen LogP contribution >= 0.6 is 15.9 Å². The van der Waals surface area contributed by atoms with Gasteiger partial charge in [-0.15, -0.1) is 0 Å². The average Bonchev–Trinajstić information content (AvgIpc) is 3.02. The van der Waals surface area contributed by atoms with Gasteiger partial charge in [-0.05, 0) is 37.1 Å². The van der Waals surface area contributed by atoms with E-state index in [2.05, 4.69) is 21.2 Å². The van der Waals surface area contributed by atoms with E-state index in [9.17, 15) is 4.21 Å². The third kappa shape index (κ3) is 3.70. The van der Waals surface area contributed by atoms with E-state index in [0.29, 0.717) is 11.8 Å². The Morgan fingerprint density at radius 1 is 1.33 bits per heavy atom. The van der Waals surface area contributed by atoms with Crippen molar-refractivity contribution in [2.75, 3.05) is 12.3 Å². The lowest BCUT2D eigenvalue weighted by Crippen LogP contribution is -2.22. The van der Waals surface area contributed by atoms with Gasteiger partial charge in [-0.3, -0.25) is 4.21 Å². The van der Waals surface area contributed by atoms with Gasteiger partial charge in [0.25, 0.3) is 0 Å². The minimum Gasteiger partial charge on any atom is -0.313 e. The summed E-state index contributed by atoms with van der Waals surface area (Å²) in [4.78, 5) is 0.913. The summed E-state index contributed by atoms with van der Waals surface area (Å²) < 4.78 is 12.8. The summed E-state index contributed by atoms with van der Waals surface area (Å²) in [7, 11) is -0.864. The first-order valence-corrected chi connectivity index (χ1v) is 7.24. The Kier molecular flexibility index (Phi) is 3.94. The molecule has 15 heavy (non-hydrogen) atoms. The highest BCUT2D eigenvalue weighted by atomic mass is 79.9. The summed E-state index contributed by atoms with van der Waals surface area (Å²) >= 11 is 3.36. The monoisotopic (exact) mass is 287 g/mol. The van der Waals surface area contributed by atoms with E-state index < -0.39 is 10.8 Å². The van der Waals surface area contributed by atoms with Crippen molar-refractivity contribution in [1.29, 1.82) is 0 Å². The summed E-state index contributed by atoms with van der Waals surface area (Å²) in [5.74, 6) is 0.706. The second-order valence-corrected chi connectivity index (χ2v) is 6.22. The molecule has 0 heterocycles. The number of benzene rings is 1. The van der Waals surface area contributed by atoms with Gasteiger partial charge in [-0.2, -0.15) is 0 Å². The van der Waals surface area contributed by atoms with Crippen LogP contribution in [0.5, 0.6) is 0 Å². The fourth-order valence-electron chi connectivity index (χ4n) is 1.35. The number of hydrogen-bond acceptors (Lipinski definition) is 2. The van der Waals surface area contributed by atoms with E-state index in [0.717, 1.165) is 15.9 Å². The first-order chi connectivity index (χ1) is 7.25. The van der Waals surface area contributed by atoms with E-state index in [1.807, 2.05) is 24.3 Å². The predicted octanol–water partition coefficient (Wildman–Crippen LogP) is 2.31. The van der Waals surface area contributed by atoms with E-state index in [1.165, 1.54) is 12.8 Å². The number of halogens is 1. The maximum absolute atomic E-state index is 11.8. The molecule has 0 amide bonds. The molecule has 2 rings (SSSR count). The molecule has 1 unspecified atom stereocenters. The Bertz CT molecular complexity index is 348. The van der Waals surface area contributed by atoms with Crippen LogP contribution in [0.15, 0.2) is 33.6 Å².